The van der Waals surface area contributed by atoms with Crippen LogP contribution in [0.3, 0.4) is 0 Å². The van der Waals surface area contributed by atoms with E-state index >= 15 is 0 Å². The molecule has 0 aliphatic carbocycles. The Labute approximate surface area is 151 Å². The summed E-state index contributed by atoms with van der Waals surface area (Å²) in [5.41, 5.74) is 3.56. The van der Waals surface area contributed by atoms with Gasteiger partial charge in [0, 0.05) is 44.1 Å². The fourth-order valence-corrected chi connectivity index (χ4v) is 3.48. The molecule has 0 fully saturated rings. The van der Waals surface area contributed by atoms with Gasteiger partial charge in [-0.25, -0.2) is 0 Å². The molecule has 0 saturated carbocycles. The van der Waals surface area contributed by atoms with Crippen molar-refractivity contribution in [2.24, 2.45) is 0 Å². The zero-order chi connectivity index (χ0) is 18.2. The summed E-state index contributed by atoms with van der Waals surface area (Å²) >= 11 is 0. The molecule has 3 rings (SSSR count). The van der Waals surface area contributed by atoms with Crippen molar-refractivity contribution < 1.29 is 4.79 Å². The molecule has 0 spiro atoms. The smallest absolute Gasteiger partial charge is 0.255 e. The van der Waals surface area contributed by atoms with Gasteiger partial charge < -0.3 is 9.47 Å². The molecule has 1 aromatic heterocycles. The Morgan fingerprint density at radius 3 is 2.52 bits per heavy atom. The third-order valence-electron chi connectivity index (χ3n) is 5.16. The van der Waals surface area contributed by atoms with Gasteiger partial charge in [-0.05, 0) is 51.4 Å². The Balaban J connectivity index is 1.69. The van der Waals surface area contributed by atoms with E-state index in [1.807, 2.05) is 30.4 Å². The Bertz CT molecular complexity index is 756. The monoisotopic (exact) mass is 339 g/mol. The zero-order valence-corrected chi connectivity index (χ0v) is 16.0. The molecular weight excluding hydrogens is 310 g/mol. The summed E-state index contributed by atoms with van der Waals surface area (Å²) in [4.78, 5) is 17.0. The molecule has 25 heavy (non-hydrogen) atoms. The van der Waals surface area contributed by atoms with Crippen LogP contribution in [0.5, 0.6) is 0 Å². The minimum absolute atomic E-state index is 0.00952. The Kier molecular flexibility index (Phi) is 4.74. The topological polar surface area (TPSA) is 28.5 Å². The van der Waals surface area contributed by atoms with E-state index in [2.05, 4.69) is 61.6 Å². The van der Waals surface area contributed by atoms with E-state index in [-0.39, 0.29) is 11.4 Å². The number of hydrogen-bond donors (Lipinski definition) is 0. The van der Waals surface area contributed by atoms with Gasteiger partial charge >= 0.3 is 0 Å². The standard InChI is InChI=1S/C21H29N3O/c1-21(2,3)24-11-10-18(14-24)20(25)23(5)15-19-12-16-8-6-7-9-17(16)13-22(19)4/h6-11,14,19H,12-13,15H2,1-5H3/t19-/m1/s1. The van der Waals surface area contributed by atoms with Crippen LogP contribution in [-0.4, -0.2) is 47.0 Å². The van der Waals surface area contributed by atoms with Gasteiger partial charge in [0.2, 0.25) is 0 Å². The highest BCUT2D eigenvalue weighted by molar-refractivity contribution is 5.93. The van der Waals surface area contributed by atoms with E-state index in [9.17, 15) is 4.79 Å². The summed E-state index contributed by atoms with van der Waals surface area (Å²) in [5.74, 6) is 0.0928. The molecule has 134 valence electrons. The number of fused-ring (bicyclic) bond motifs is 1. The van der Waals surface area contributed by atoms with Crippen LogP contribution in [0.15, 0.2) is 42.7 Å². The van der Waals surface area contributed by atoms with E-state index in [0.29, 0.717) is 6.04 Å². The van der Waals surface area contributed by atoms with Crippen LogP contribution in [0.1, 0.15) is 42.3 Å². The lowest BCUT2D eigenvalue weighted by Gasteiger charge is -2.36. The van der Waals surface area contributed by atoms with E-state index in [4.69, 9.17) is 0 Å². The van der Waals surface area contributed by atoms with E-state index in [1.165, 1.54) is 11.1 Å². The van der Waals surface area contributed by atoms with E-state index in [1.54, 1.807) is 0 Å². The third kappa shape index (κ3) is 3.79. The molecule has 4 heteroatoms. The summed E-state index contributed by atoms with van der Waals surface area (Å²) < 4.78 is 2.09. The average molecular weight is 339 g/mol. The van der Waals surface area contributed by atoms with Crippen LogP contribution in [0.25, 0.3) is 0 Å². The molecule has 1 aromatic carbocycles. The first-order chi connectivity index (χ1) is 11.8. The lowest BCUT2D eigenvalue weighted by atomic mass is 9.94. The van der Waals surface area contributed by atoms with Crippen LogP contribution < -0.4 is 0 Å². The zero-order valence-electron chi connectivity index (χ0n) is 16.0. The highest BCUT2D eigenvalue weighted by Crippen LogP contribution is 2.23. The van der Waals surface area contributed by atoms with Crippen molar-refractivity contribution in [3.05, 3.63) is 59.4 Å². The van der Waals surface area contributed by atoms with Crippen LogP contribution in [0.4, 0.5) is 0 Å². The molecule has 1 aliphatic rings. The number of aromatic nitrogens is 1. The molecule has 0 radical (unpaired) electrons. The molecule has 0 saturated heterocycles. The van der Waals surface area contributed by atoms with Crippen molar-refractivity contribution in [2.75, 3.05) is 20.6 Å². The van der Waals surface area contributed by atoms with Crippen molar-refractivity contribution in [3.63, 3.8) is 0 Å². The van der Waals surface area contributed by atoms with Crippen LogP contribution in [0, 0.1) is 0 Å². The molecule has 1 atom stereocenters. The molecule has 0 unspecified atom stereocenters. The van der Waals surface area contributed by atoms with Gasteiger partial charge in [-0.3, -0.25) is 9.69 Å². The number of likely N-dealkylation sites (N-methyl/N-ethyl adjacent to an activating group) is 2. The molecule has 1 aliphatic heterocycles. The number of benzene rings is 1. The second-order valence-electron chi connectivity index (χ2n) is 8.21. The Morgan fingerprint density at radius 1 is 1.20 bits per heavy atom. The van der Waals surface area contributed by atoms with Gasteiger partial charge in [-0.1, -0.05) is 24.3 Å². The predicted octanol–water partition coefficient (Wildman–Crippen LogP) is 3.37. The first kappa shape index (κ1) is 17.7. The molecule has 4 nitrogen and oxygen atoms in total. The van der Waals surface area contributed by atoms with Gasteiger partial charge in [0.05, 0.1) is 5.56 Å². The van der Waals surface area contributed by atoms with Crippen molar-refractivity contribution in [1.82, 2.24) is 14.4 Å². The first-order valence-corrected chi connectivity index (χ1v) is 8.96. The Hall–Kier alpha value is -2.07. The maximum Gasteiger partial charge on any atom is 0.255 e. The first-order valence-electron chi connectivity index (χ1n) is 8.96. The molecule has 1 amide bonds. The van der Waals surface area contributed by atoms with Crippen molar-refractivity contribution in [2.45, 2.75) is 45.3 Å². The lowest BCUT2D eigenvalue weighted by Crippen LogP contribution is -2.46. The molecule has 2 aromatic rings. The Morgan fingerprint density at radius 2 is 1.88 bits per heavy atom. The third-order valence-corrected chi connectivity index (χ3v) is 5.16. The average Bonchev–Trinajstić information content (AvgIpc) is 3.05. The van der Waals surface area contributed by atoms with Crippen molar-refractivity contribution in [3.8, 4) is 0 Å². The van der Waals surface area contributed by atoms with E-state index in [0.717, 1.165) is 25.1 Å². The van der Waals surface area contributed by atoms with Crippen LogP contribution in [0.2, 0.25) is 0 Å². The normalized spacial score (nSPS) is 18.0. The predicted molar refractivity (Wildman–Crippen MR) is 102 cm³/mol. The summed E-state index contributed by atoms with van der Waals surface area (Å²) in [7, 11) is 4.06. The van der Waals surface area contributed by atoms with Gasteiger partial charge in [-0.15, -0.1) is 0 Å². The number of rotatable bonds is 3. The number of amides is 1. The molecule has 0 bridgehead atoms. The van der Waals surface area contributed by atoms with Gasteiger partial charge in [-0.2, -0.15) is 0 Å². The van der Waals surface area contributed by atoms with Crippen molar-refractivity contribution >= 4 is 5.91 Å². The summed E-state index contributed by atoms with van der Waals surface area (Å²) in [6.07, 6.45) is 4.94. The van der Waals surface area contributed by atoms with Crippen molar-refractivity contribution in [1.29, 1.82) is 0 Å². The molecule has 0 N–H and O–H groups in total. The summed E-state index contributed by atoms with van der Waals surface area (Å²) in [5, 5.41) is 0. The second-order valence-corrected chi connectivity index (χ2v) is 8.21. The summed E-state index contributed by atoms with van der Waals surface area (Å²) in [6, 6.07) is 10.9. The minimum Gasteiger partial charge on any atom is -0.348 e. The number of nitrogens with zero attached hydrogens (tertiary/aromatic N) is 3. The molecule has 2 heterocycles. The maximum atomic E-state index is 12.8. The largest absolute Gasteiger partial charge is 0.348 e. The maximum absolute atomic E-state index is 12.8. The highest BCUT2D eigenvalue weighted by atomic mass is 16.2. The lowest BCUT2D eigenvalue weighted by molar-refractivity contribution is 0.0733. The van der Waals surface area contributed by atoms with Gasteiger partial charge in [0.25, 0.3) is 5.91 Å². The number of carbonyl (C=O) groups excluding carboxylic acids is 1. The van der Waals surface area contributed by atoms with Crippen LogP contribution in [-0.2, 0) is 18.5 Å². The van der Waals surface area contributed by atoms with Crippen LogP contribution >= 0.6 is 0 Å². The summed E-state index contributed by atoms with van der Waals surface area (Å²) in [6.45, 7) is 8.10. The quantitative estimate of drug-likeness (QED) is 0.858. The SMILES string of the molecule is CN(C[C@H]1Cc2ccccc2CN1C)C(=O)c1ccn(C(C)(C)C)c1. The number of hydrogen-bond acceptors (Lipinski definition) is 2. The molecular formula is C21H29N3O. The second kappa shape index (κ2) is 6.68. The van der Waals surface area contributed by atoms with Gasteiger partial charge in [0.1, 0.15) is 0 Å². The highest BCUT2D eigenvalue weighted by Gasteiger charge is 2.26. The number of carbonyl (C=O) groups is 1. The minimum atomic E-state index is -0.00952. The fraction of sp³-hybridized carbons (Fsp3) is 0.476. The van der Waals surface area contributed by atoms with E-state index < -0.39 is 0 Å². The van der Waals surface area contributed by atoms with Gasteiger partial charge in [0.15, 0.2) is 0 Å². The fourth-order valence-electron chi connectivity index (χ4n) is 3.48.